The van der Waals surface area contributed by atoms with Gasteiger partial charge >= 0.3 is 0 Å². The number of aromatic nitrogens is 1. The Hall–Kier alpha value is -1.69. The Bertz CT molecular complexity index is 407. The van der Waals surface area contributed by atoms with E-state index >= 15 is 0 Å². The number of pyridine rings is 1. The van der Waals surface area contributed by atoms with Gasteiger partial charge in [0.1, 0.15) is 5.82 Å². The highest BCUT2D eigenvalue weighted by atomic mass is 16.6. The van der Waals surface area contributed by atoms with Gasteiger partial charge in [-0.3, -0.25) is 10.1 Å². The van der Waals surface area contributed by atoms with Gasteiger partial charge in [0.2, 0.25) is 0 Å². The van der Waals surface area contributed by atoms with Crippen LogP contribution < -0.4 is 5.32 Å². The maximum Gasteiger partial charge on any atom is 0.274 e. The van der Waals surface area contributed by atoms with E-state index in [9.17, 15) is 10.1 Å². The molecule has 18 heavy (non-hydrogen) atoms. The zero-order valence-corrected chi connectivity index (χ0v) is 11.3. The molecule has 1 aromatic rings. The molecule has 6 nitrogen and oxygen atoms in total. The molecule has 1 heterocycles. The summed E-state index contributed by atoms with van der Waals surface area (Å²) in [6.45, 7) is 5.07. The molecule has 1 aromatic heterocycles. The van der Waals surface area contributed by atoms with Gasteiger partial charge in [-0.2, -0.15) is 0 Å². The maximum atomic E-state index is 10.7. The molecule has 0 radical (unpaired) electrons. The zero-order valence-electron chi connectivity index (χ0n) is 11.3. The first-order valence-electron chi connectivity index (χ1n) is 5.92. The van der Waals surface area contributed by atoms with Crippen molar-refractivity contribution >= 4 is 11.5 Å². The molecule has 1 atom stereocenters. The van der Waals surface area contributed by atoms with E-state index in [1.54, 1.807) is 0 Å². The molecule has 100 valence electrons. The summed E-state index contributed by atoms with van der Waals surface area (Å²) in [6, 6.07) is 3.06. The number of hydrogen-bond acceptors (Lipinski definition) is 5. The third-order valence-corrected chi connectivity index (χ3v) is 2.65. The predicted molar refractivity (Wildman–Crippen MR) is 71.7 cm³/mol. The Kier molecular flexibility index (Phi) is 5.03. The minimum atomic E-state index is -0.414. The van der Waals surface area contributed by atoms with Crippen LogP contribution in [0.25, 0.3) is 0 Å². The van der Waals surface area contributed by atoms with Crippen LogP contribution in [-0.2, 0) is 0 Å². The highest BCUT2D eigenvalue weighted by molar-refractivity contribution is 5.44. The molecular weight excluding hydrogens is 232 g/mol. The van der Waals surface area contributed by atoms with Crippen LogP contribution in [0.2, 0.25) is 0 Å². The molecule has 1 rings (SSSR count). The van der Waals surface area contributed by atoms with E-state index < -0.39 is 4.92 Å². The van der Waals surface area contributed by atoms with Crippen molar-refractivity contribution in [3.05, 3.63) is 28.4 Å². The number of likely N-dealkylation sites (N-methyl/N-ethyl adjacent to an activating group) is 1. The Labute approximate surface area is 107 Å². The molecule has 0 spiro atoms. The molecule has 0 amide bonds. The standard InChI is InChI=1S/C12H20N4O2/c1-9(2)11(8-15(3)4)14-12-7-10(16(17)18)5-6-13-12/h5-7,9,11H,8H2,1-4H3,(H,13,14). The van der Waals surface area contributed by atoms with E-state index in [0.29, 0.717) is 11.7 Å². The third kappa shape index (κ3) is 4.29. The molecule has 0 bridgehead atoms. The number of hydrogen-bond donors (Lipinski definition) is 1. The lowest BCUT2D eigenvalue weighted by molar-refractivity contribution is -0.384. The summed E-state index contributed by atoms with van der Waals surface area (Å²) in [6.07, 6.45) is 1.45. The summed E-state index contributed by atoms with van der Waals surface area (Å²) >= 11 is 0. The molecule has 1 N–H and O–H groups in total. The fourth-order valence-corrected chi connectivity index (χ4v) is 1.62. The maximum absolute atomic E-state index is 10.7. The Morgan fingerprint density at radius 2 is 2.17 bits per heavy atom. The normalized spacial score (nSPS) is 12.8. The van der Waals surface area contributed by atoms with E-state index in [2.05, 4.69) is 29.0 Å². The van der Waals surface area contributed by atoms with Crippen molar-refractivity contribution in [1.29, 1.82) is 0 Å². The zero-order chi connectivity index (χ0) is 13.7. The fourth-order valence-electron chi connectivity index (χ4n) is 1.62. The summed E-state index contributed by atoms with van der Waals surface area (Å²) in [5.41, 5.74) is 0.0554. The molecule has 1 unspecified atom stereocenters. The Morgan fingerprint density at radius 1 is 1.50 bits per heavy atom. The van der Waals surface area contributed by atoms with Crippen LogP contribution in [0.4, 0.5) is 11.5 Å². The van der Waals surface area contributed by atoms with Gasteiger partial charge < -0.3 is 10.2 Å². The SMILES string of the molecule is CC(C)C(CN(C)C)Nc1cc([N+](=O)[O-])ccn1. The van der Waals surface area contributed by atoms with Gasteiger partial charge in [-0.15, -0.1) is 0 Å². The Balaban J connectivity index is 2.80. The molecule has 0 saturated carbocycles. The van der Waals surface area contributed by atoms with Gasteiger partial charge in [0.15, 0.2) is 0 Å². The van der Waals surface area contributed by atoms with Crippen molar-refractivity contribution in [1.82, 2.24) is 9.88 Å². The Morgan fingerprint density at radius 3 is 2.67 bits per heavy atom. The molecule has 0 saturated heterocycles. The van der Waals surface area contributed by atoms with Crippen LogP contribution in [0.5, 0.6) is 0 Å². The average molecular weight is 252 g/mol. The number of anilines is 1. The molecule has 0 aliphatic rings. The summed E-state index contributed by atoms with van der Waals surface area (Å²) in [5, 5.41) is 13.9. The lowest BCUT2D eigenvalue weighted by atomic mass is 10.0. The first-order chi connectivity index (χ1) is 8.40. The smallest absolute Gasteiger partial charge is 0.274 e. The van der Waals surface area contributed by atoms with Crippen molar-refractivity contribution in [2.75, 3.05) is 26.0 Å². The summed E-state index contributed by atoms with van der Waals surface area (Å²) in [4.78, 5) is 16.5. The van der Waals surface area contributed by atoms with E-state index in [1.807, 2.05) is 14.1 Å². The molecular formula is C12H20N4O2. The van der Waals surface area contributed by atoms with Gasteiger partial charge in [-0.25, -0.2) is 4.98 Å². The molecule has 0 fully saturated rings. The number of nitrogens with one attached hydrogen (secondary N) is 1. The molecule has 0 aliphatic heterocycles. The second-order valence-electron chi connectivity index (χ2n) is 4.91. The number of rotatable bonds is 6. The van der Waals surface area contributed by atoms with Crippen molar-refractivity contribution in [2.45, 2.75) is 19.9 Å². The molecule has 0 aliphatic carbocycles. The summed E-state index contributed by atoms with van der Waals surface area (Å²) in [7, 11) is 4.00. The monoisotopic (exact) mass is 252 g/mol. The van der Waals surface area contributed by atoms with Crippen molar-refractivity contribution in [2.24, 2.45) is 5.92 Å². The fraction of sp³-hybridized carbons (Fsp3) is 0.583. The largest absolute Gasteiger partial charge is 0.366 e. The van der Waals surface area contributed by atoms with Gasteiger partial charge in [0, 0.05) is 24.8 Å². The highest BCUT2D eigenvalue weighted by Gasteiger charge is 2.16. The second-order valence-corrected chi connectivity index (χ2v) is 4.91. The van der Waals surface area contributed by atoms with Gasteiger partial charge in [-0.05, 0) is 20.0 Å². The van der Waals surface area contributed by atoms with Crippen LogP contribution in [0.3, 0.4) is 0 Å². The summed E-state index contributed by atoms with van der Waals surface area (Å²) in [5.74, 6) is 0.957. The minimum absolute atomic E-state index is 0.0554. The molecule has 0 aromatic carbocycles. The van der Waals surface area contributed by atoms with Crippen molar-refractivity contribution in [3.8, 4) is 0 Å². The van der Waals surface area contributed by atoms with Crippen LogP contribution in [-0.4, -0.2) is 41.5 Å². The van der Waals surface area contributed by atoms with Gasteiger partial charge in [0.25, 0.3) is 5.69 Å². The van der Waals surface area contributed by atoms with Crippen molar-refractivity contribution < 1.29 is 4.92 Å². The van der Waals surface area contributed by atoms with Crippen LogP contribution >= 0.6 is 0 Å². The van der Waals surface area contributed by atoms with E-state index in [1.165, 1.54) is 18.3 Å². The second kappa shape index (κ2) is 6.30. The predicted octanol–water partition coefficient (Wildman–Crippen LogP) is 1.99. The average Bonchev–Trinajstić information content (AvgIpc) is 2.27. The highest BCUT2D eigenvalue weighted by Crippen LogP contribution is 2.17. The minimum Gasteiger partial charge on any atom is -0.366 e. The summed E-state index contributed by atoms with van der Waals surface area (Å²) < 4.78 is 0. The lowest BCUT2D eigenvalue weighted by Gasteiger charge is -2.25. The first kappa shape index (κ1) is 14.4. The quantitative estimate of drug-likeness (QED) is 0.619. The van der Waals surface area contributed by atoms with Crippen LogP contribution in [0.15, 0.2) is 18.3 Å². The molecule has 6 heteroatoms. The first-order valence-corrected chi connectivity index (χ1v) is 5.92. The lowest BCUT2D eigenvalue weighted by Crippen LogP contribution is -2.36. The van der Waals surface area contributed by atoms with Crippen LogP contribution in [0, 0.1) is 16.0 Å². The topological polar surface area (TPSA) is 71.3 Å². The number of nitrogens with zero attached hydrogens (tertiary/aromatic N) is 3. The van der Waals surface area contributed by atoms with Crippen LogP contribution in [0.1, 0.15) is 13.8 Å². The van der Waals surface area contributed by atoms with E-state index in [-0.39, 0.29) is 11.7 Å². The van der Waals surface area contributed by atoms with Gasteiger partial charge in [-0.1, -0.05) is 13.8 Å². The third-order valence-electron chi connectivity index (χ3n) is 2.65. The van der Waals surface area contributed by atoms with Crippen molar-refractivity contribution in [3.63, 3.8) is 0 Å². The van der Waals surface area contributed by atoms with E-state index in [0.717, 1.165) is 6.54 Å². The number of nitro groups is 1. The van der Waals surface area contributed by atoms with Gasteiger partial charge in [0.05, 0.1) is 11.0 Å². The van der Waals surface area contributed by atoms with E-state index in [4.69, 9.17) is 0 Å².